The number of unbranched alkanes of at least 4 members (excludes halogenated alkanes) is 1. The summed E-state index contributed by atoms with van der Waals surface area (Å²) in [4.78, 5) is 27.9. The van der Waals surface area contributed by atoms with Crippen molar-refractivity contribution >= 4 is 22.2 Å². The quantitative estimate of drug-likeness (QED) is 0.404. The molecule has 1 heterocycles. The number of aldehydes is 1. The fourth-order valence-corrected chi connectivity index (χ4v) is 3.69. The van der Waals surface area contributed by atoms with Crippen molar-refractivity contribution < 1.29 is 27.5 Å². The highest BCUT2D eigenvalue weighted by atomic mass is 32.2. The molecule has 0 spiro atoms. The van der Waals surface area contributed by atoms with E-state index in [1.54, 1.807) is 18.2 Å². The standard InChI is InChI=1S/C21H26N2O6S/c1-3-5-12-29-19-10-7-16(8-11-19)20(14-24)30(26,27)23-21(25)17-6-9-18(22-13-17)15-28-4-2/h6-11,13-14,20H,3-5,12,15H2,1-2H3,(H,23,25). The number of aromatic nitrogens is 1. The van der Waals surface area contributed by atoms with Crippen molar-refractivity contribution in [1.29, 1.82) is 0 Å². The van der Waals surface area contributed by atoms with Gasteiger partial charge in [-0.3, -0.25) is 9.78 Å². The first-order chi connectivity index (χ1) is 14.4. The number of rotatable bonds is 12. The lowest BCUT2D eigenvalue weighted by Crippen LogP contribution is -2.35. The van der Waals surface area contributed by atoms with E-state index in [1.807, 2.05) is 18.6 Å². The molecule has 162 valence electrons. The van der Waals surface area contributed by atoms with Crippen LogP contribution in [-0.2, 0) is 26.2 Å². The van der Waals surface area contributed by atoms with Crippen LogP contribution in [0.4, 0.5) is 0 Å². The molecule has 0 aliphatic rings. The van der Waals surface area contributed by atoms with E-state index >= 15 is 0 Å². The molecule has 0 aliphatic heterocycles. The first kappa shape index (κ1) is 23.5. The Morgan fingerprint density at radius 3 is 2.47 bits per heavy atom. The van der Waals surface area contributed by atoms with Crippen LogP contribution in [0.25, 0.3) is 0 Å². The van der Waals surface area contributed by atoms with Crippen molar-refractivity contribution in [2.24, 2.45) is 0 Å². The molecular weight excluding hydrogens is 408 g/mol. The Labute approximate surface area is 176 Å². The minimum atomic E-state index is -4.29. The maximum Gasteiger partial charge on any atom is 0.266 e. The Kier molecular flexibility index (Phi) is 8.94. The van der Waals surface area contributed by atoms with Crippen LogP contribution in [0.3, 0.4) is 0 Å². The van der Waals surface area contributed by atoms with E-state index < -0.39 is 21.2 Å². The largest absolute Gasteiger partial charge is 0.494 e. The lowest BCUT2D eigenvalue weighted by Gasteiger charge is -2.14. The Morgan fingerprint density at radius 1 is 1.17 bits per heavy atom. The lowest BCUT2D eigenvalue weighted by molar-refractivity contribution is -0.107. The predicted molar refractivity (Wildman–Crippen MR) is 112 cm³/mol. The molecule has 1 N–H and O–H groups in total. The topological polar surface area (TPSA) is 112 Å². The van der Waals surface area contributed by atoms with Gasteiger partial charge in [-0.1, -0.05) is 25.5 Å². The number of hydrogen-bond donors (Lipinski definition) is 1. The molecule has 1 amide bonds. The molecule has 1 aromatic carbocycles. The first-order valence-corrected chi connectivity index (χ1v) is 11.2. The SMILES string of the molecule is CCCCOc1ccc(C(C=O)S(=O)(=O)NC(=O)c2ccc(COCC)nc2)cc1. The second-order valence-electron chi connectivity index (χ2n) is 6.48. The third kappa shape index (κ3) is 6.64. The smallest absolute Gasteiger partial charge is 0.266 e. The second-order valence-corrected chi connectivity index (χ2v) is 8.28. The van der Waals surface area contributed by atoms with E-state index in [4.69, 9.17) is 9.47 Å². The lowest BCUT2D eigenvalue weighted by atomic mass is 10.1. The van der Waals surface area contributed by atoms with Crippen LogP contribution in [0.15, 0.2) is 42.6 Å². The maximum absolute atomic E-state index is 12.6. The van der Waals surface area contributed by atoms with Crippen molar-refractivity contribution in [2.75, 3.05) is 13.2 Å². The molecule has 9 heteroatoms. The first-order valence-electron chi connectivity index (χ1n) is 9.68. The van der Waals surface area contributed by atoms with Crippen molar-refractivity contribution in [3.63, 3.8) is 0 Å². The highest BCUT2D eigenvalue weighted by Gasteiger charge is 2.29. The number of carbonyl (C=O) groups is 2. The van der Waals surface area contributed by atoms with E-state index in [0.29, 0.717) is 31.3 Å². The van der Waals surface area contributed by atoms with Gasteiger partial charge in [0.05, 0.1) is 24.5 Å². The summed E-state index contributed by atoms with van der Waals surface area (Å²) in [5, 5.41) is -1.53. The highest BCUT2D eigenvalue weighted by molar-refractivity contribution is 7.91. The zero-order chi connectivity index (χ0) is 22.0. The maximum atomic E-state index is 12.6. The molecule has 0 radical (unpaired) electrons. The Hall–Kier alpha value is -2.78. The molecule has 30 heavy (non-hydrogen) atoms. The van der Waals surface area contributed by atoms with Gasteiger partial charge in [0.15, 0.2) is 5.25 Å². The number of pyridine rings is 1. The average Bonchev–Trinajstić information content (AvgIpc) is 2.74. The fraction of sp³-hybridized carbons (Fsp3) is 0.381. The number of hydrogen-bond acceptors (Lipinski definition) is 7. The normalized spacial score (nSPS) is 12.2. The van der Waals surface area contributed by atoms with Crippen LogP contribution < -0.4 is 9.46 Å². The zero-order valence-corrected chi connectivity index (χ0v) is 17.9. The number of nitrogens with zero attached hydrogens (tertiary/aromatic N) is 1. The number of ether oxygens (including phenoxy) is 2. The van der Waals surface area contributed by atoms with E-state index in [-0.39, 0.29) is 17.4 Å². The highest BCUT2D eigenvalue weighted by Crippen LogP contribution is 2.23. The van der Waals surface area contributed by atoms with Crippen molar-refractivity contribution in [1.82, 2.24) is 9.71 Å². The summed E-state index contributed by atoms with van der Waals surface area (Å²) >= 11 is 0. The van der Waals surface area contributed by atoms with Gasteiger partial charge in [0, 0.05) is 12.8 Å². The van der Waals surface area contributed by atoms with Crippen LogP contribution >= 0.6 is 0 Å². The number of nitrogens with one attached hydrogen (secondary N) is 1. The van der Waals surface area contributed by atoms with Crippen LogP contribution in [0, 0.1) is 0 Å². The molecule has 0 fully saturated rings. The summed E-state index contributed by atoms with van der Waals surface area (Å²) in [6, 6.07) is 9.21. The molecule has 0 saturated carbocycles. The summed E-state index contributed by atoms with van der Waals surface area (Å²) in [5.74, 6) is -0.284. The molecule has 0 aliphatic carbocycles. The summed E-state index contributed by atoms with van der Waals surface area (Å²) in [5.41, 5.74) is 0.907. The van der Waals surface area contributed by atoms with Crippen molar-refractivity contribution in [3.8, 4) is 5.75 Å². The summed E-state index contributed by atoms with van der Waals surface area (Å²) in [7, 11) is -4.29. The van der Waals surface area contributed by atoms with Gasteiger partial charge in [0.2, 0.25) is 10.0 Å². The van der Waals surface area contributed by atoms with Gasteiger partial charge >= 0.3 is 0 Å². The van der Waals surface area contributed by atoms with Gasteiger partial charge in [-0.25, -0.2) is 13.1 Å². The second kappa shape index (κ2) is 11.4. The summed E-state index contributed by atoms with van der Waals surface area (Å²) < 4.78 is 37.9. The number of sulfonamides is 1. The van der Waals surface area contributed by atoms with Crippen LogP contribution in [0.2, 0.25) is 0 Å². The number of benzene rings is 1. The third-order valence-corrected chi connectivity index (χ3v) is 5.73. The third-order valence-electron chi connectivity index (χ3n) is 4.21. The molecule has 1 atom stereocenters. The molecule has 0 saturated heterocycles. The van der Waals surface area contributed by atoms with E-state index in [2.05, 4.69) is 4.98 Å². The molecule has 1 unspecified atom stereocenters. The van der Waals surface area contributed by atoms with E-state index in [0.717, 1.165) is 12.8 Å². The molecule has 2 rings (SSSR count). The molecule has 8 nitrogen and oxygen atoms in total. The molecule has 1 aromatic heterocycles. The Balaban J connectivity index is 2.08. The van der Waals surface area contributed by atoms with Crippen LogP contribution in [0.1, 0.15) is 53.6 Å². The van der Waals surface area contributed by atoms with Crippen LogP contribution in [-0.4, -0.2) is 38.8 Å². The molecule has 0 bridgehead atoms. The minimum Gasteiger partial charge on any atom is -0.494 e. The zero-order valence-electron chi connectivity index (χ0n) is 17.0. The van der Waals surface area contributed by atoms with Crippen LogP contribution in [0.5, 0.6) is 5.75 Å². The molecule has 2 aromatic rings. The number of carbonyl (C=O) groups excluding carboxylic acids is 2. The van der Waals surface area contributed by atoms with E-state index in [9.17, 15) is 18.0 Å². The fourth-order valence-electron chi connectivity index (χ4n) is 2.52. The van der Waals surface area contributed by atoms with Gasteiger partial charge < -0.3 is 14.3 Å². The molecular formula is C21H26N2O6S. The van der Waals surface area contributed by atoms with Gasteiger partial charge in [0.1, 0.15) is 12.0 Å². The minimum absolute atomic E-state index is 0.0585. The summed E-state index contributed by atoms with van der Waals surface area (Å²) in [6.45, 7) is 5.27. The number of amides is 1. The summed E-state index contributed by atoms with van der Waals surface area (Å²) in [6.07, 6.45) is 3.44. The Bertz CT molecular complexity index is 927. The van der Waals surface area contributed by atoms with E-state index in [1.165, 1.54) is 24.4 Å². The van der Waals surface area contributed by atoms with Gasteiger partial charge in [-0.15, -0.1) is 0 Å². The monoisotopic (exact) mass is 434 g/mol. The van der Waals surface area contributed by atoms with Crippen molar-refractivity contribution in [2.45, 2.75) is 38.5 Å². The predicted octanol–water partition coefficient (Wildman–Crippen LogP) is 2.80. The van der Waals surface area contributed by atoms with Gasteiger partial charge in [-0.05, 0) is 43.2 Å². The Morgan fingerprint density at radius 2 is 1.90 bits per heavy atom. The van der Waals surface area contributed by atoms with Gasteiger partial charge in [0.25, 0.3) is 5.91 Å². The average molecular weight is 435 g/mol. The van der Waals surface area contributed by atoms with Crippen molar-refractivity contribution in [3.05, 3.63) is 59.4 Å². The van der Waals surface area contributed by atoms with Gasteiger partial charge in [-0.2, -0.15) is 0 Å².